The Kier molecular flexibility index (Phi) is 6.01. The number of rotatable bonds is 4. The minimum absolute atomic E-state index is 0.00600. The molecule has 2 aromatic carbocycles. The first-order valence-electron chi connectivity index (χ1n) is 8.29. The Morgan fingerprint density at radius 1 is 1.28 bits per heavy atom. The van der Waals surface area contributed by atoms with Crippen LogP contribution >= 0.6 is 23.4 Å². The lowest BCUT2D eigenvalue weighted by Crippen LogP contribution is -2.15. The maximum atomic E-state index is 12.9. The van der Waals surface area contributed by atoms with E-state index in [1.54, 1.807) is 6.07 Å². The van der Waals surface area contributed by atoms with E-state index in [1.165, 1.54) is 0 Å². The Labute approximate surface area is 173 Å². The van der Waals surface area contributed by atoms with Gasteiger partial charge in [0.25, 0.3) is 0 Å². The predicted octanol–water partition coefficient (Wildman–Crippen LogP) is 5.82. The Balaban J connectivity index is 1.78. The highest BCUT2D eigenvalue weighted by Crippen LogP contribution is 2.34. The molecule has 0 saturated heterocycles. The second kappa shape index (κ2) is 8.31. The number of alkyl halides is 3. The number of fused-ring (bicyclic) bond motifs is 1. The summed E-state index contributed by atoms with van der Waals surface area (Å²) >= 11 is 6.92. The number of nitrogens with zero attached hydrogens (tertiary/aromatic N) is 2. The van der Waals surface area contributed by atoms with Crippen LogP contribution in [0.3, 0.4) is 0 Å². The largest absolute Gasteiger partial charge is 0.416 e. The standard InChI is InChI=1S/C20H13ClF3N3OS/c1-11-3-2-4-12-7-13(9-25)19(27-18(11)12)29-10-17(28)26-16-8-14(20(22,23)24)5-6-15(16)21/h2-8H,10H2,1H3,(H,26,28). The number of pyridine rings is 1. The van der Waals surface area contributed by atoms with Crippen LogP contribution < -0.4 is 5.32 Å². The van der Waals surface area contributed by atoms with Gasteiger partial charge in [0.15, 0.2) is 0 Å². The first-order chi connectivity index (χ1) is 13.7. The number of amides is 1. The molecular formula is C20H13ClF3N3OS. The third-order valence-corrected chi connectivity index (χ3v) is 5.36. The van der Waals surface area contributed by atoms with Gasteiger partial charge in [-0.15, -0.1) is 0 Å². The maximum absolute atomic E-state index is 12.9. The topological polar surface area (TPSA) is 65.8 Å². The van der Waals surface area contributed by atoms with Gasteiger partial charge in [0, 0.05) is 5.39 Å². The van der Waals surface area contributed by atoms with Crippen molar-refractivity contribution >= 4 is 45.9 Å². The molecule has 0 bridgehead atoms. The van der Waals surface area contributed by atoms with Crippen molar-refractivity contribution in [1.82, 2.24) is 4.98 Å². The molecule has 4 nitrogen and oxygen atoms in total. The first-order valence-corrected chi connectivity index (χ1v) is 9.65. The third-order valence-electron chi connectivity index (χ3n) is 4.04. The van der Waals surface area contributed by atoms with Gasteiger partial charge in [-0.25, -0.2) is 4.98 Å². The van der Waals surface area contributed by atoms with Gasteiger partial charge in [-0.1, -0.05) is 41.6 Å². The van der Waals surface area contributed by atoms with Crippen molar-refractivity contribution in [2.24, 2.45) is 0 Å². The molecule has 0 aliphatic heterocycles. The fourth-order valence-corrected chi connectivity index (χ4v) is 3.56. The normalized spacial score (nSPS) is 11.3. The number of hydrogen-bond donors (Lipinski definition) is 1. The van der Waals surface area contributed by atoms with Crippen molar-refractivity contribution in [2.45, 2.75) is 18.1 Å². The van der Waals surface area contributed by atoms with Gasteiger partial charge in [-0.2, -0.15) is 18.4 Å². The number of thioether (sulfide) groups is 1. The maximum Gasteiger partial charge on any atom is 0.416 e. The fraction of sp³-hybridized carbons (Fsp3) is 0.150. The van der Waals surface area contributed by atoms with Gasteiger partial charge in [-0.05, 0) is 36.8 Å². The number of benzene rings is 2. The summed E-state index contributed by atoms with van der Waals surface area (Å²) in [4.78, 5) is 16.7. The fourth-order valence-electron chi connectivity index (χ4n) is 2.64. The number of nitrogens with one attached hydrogen (secondary N) is 1. The van der Waals surface area contributed by atoms with Gasteiger partial charge < -0.3 is 5.32 Å². The summed E-state index contributed by atoms with van der Waals surface area (Å²) < 4.78 is 38.6. The molecule has 0 aliphatic rings. The second-order valence-corrected chi connectivity index (χ2v) is 7.50. The average molecular weight is 436 g/mol. The number of halogens is 4. The van der Waals surface area contributed by atoms with E-state index in [0.717, 1.165) is 46.4 Å². The molecule has 1 N–H and O–H groups in total. The van der Waals surface area contributed by atoms with Gasteiger partial charge >= 0.3 is 6.18 Å². The summed E-state index contributed by atoms with van der Waals surface area (Å²) in [7, 11) is 0. The monoisotopic (exact) mass is 435 g/mol. The van der Waals surface area contributed by atoms with Gasteiger partial charge in [0.2, 0.25) is 5.91 Å². The number of carbonyl (C=O) groups is 1. The third kappa shape index (κ3) is 4.81. The Morgan fingerprint density at radius 3 is 2.72 bits per heavy atom. The zero-order valence-corrected chi connectivity index (χ0v) is 16.5. The van der Waals surface area contributed by atoms with E-state index in [9.17, 15) is 23.2 Å². The molecule has 148 valence electrons. The second-order valence-electron chi connectivity index (χ2n) is 6.13. The van der Waals surface area contributed by atoms with Crippen LogP contribution in [0.15, 0.2) is 47.5 Å². The van der Waals surface area contributed by atoms with E-state index >= 15 is 0 Å². The van der Waals surface area contributed by atoms with Gasteiger partial charge in [0.1, 0.15) is 11.1 Å². The highest BCUT2D eigenvalue weighted by molar-refractivity contribution is 8.00. The van der Waals surface area contributed by atoms with Crippen LogP contribution in [0.5, 0.6) is 0 Å². The summed E-state index contributed by atoms with van der Waals surface area (Å²) in [6.07, 6.45) is -4.55. The smallest absolute Gasteiger partial charge is 0.324 e. The van der Waals surface area contributed by atoms with Crippen LogP contribution in [0.25, 0.3) is 10.9 Å². The highest BCUT2D eigenvalue weighted by atomic mass is 35.5. The van der Waals surface area contributed by atoms with E-state index in [1.807, 2.05) is 25.1 Å². The molecule has 0 fully saturated rings. The Bertz CT molecular complexity index is 1140. The van der Waals surface area contributed by atoms with Gasteiger partial charge in [-0.3, -0.25) is 4.79 Å². The molecule has 9 heteroatoms. The van der Waals surface area contributed by atoms with Crippen LogP contribution in [0.4, 0.5) is 18.9 Å². The van der Waals surface area contributed by atoms with E-state index in [0.29, 0.717) is 10.6 Å². The zero-order valence-electron chi connectivity index (χ0n) is 15.0. The molecule has 1 aromatic heterocycles. The number of aryl methyl sites for hydroxylation is 1. The van der Waals surface area contributed by atoms with Crippen LogP contribution in [-0.4, -0.2) is 16.6 Å². The summed E-state index contributed by atoms with van der Waals surface area (Å²) in [5.41, 5.74) is 0.917. The minimum atomic E-state index is -4.55. The Hall–Kier alpha value is -2.76. The number of nitriles is 1. The summed E-state index contributed by atoms with van der Waals surface area (Å²) in [5, 5.41) is 12.9. The van der Waals surface area contributed by atoms with Gasteiger partial charge in [0.05, 0.1) is 33.1 Å². The van der Waals surface area contributed by atoms with Crippen molar-refractivity contribution in [3.05, 3.63) is 64.2 Å². The Morgan fingerprint density at radius 2 is 2.03 bits per heavy atom. The van der Waals surface area contributed by atoms with Crippen LogP contribution in [0.2, 0.25) is 5.02 Å². The van der Waals surface area contributed by atoms with Crippen molar-refractivity contribution in [3.63, 3.8) is 0 Å². The molecule has 0 spiro atoms. The summed E-state index contributed by atoms with van der Waals surface area (Å²) in [5.74, 6) is -0.710. The lowest BCUT2D eigenvalue weighted by molar-refractivity contribution is -0.137. The first kappa shape index (κ1) is 21.0. The van der Waals surface area contributed by atoms with E-state index in [4.69, 9.17) is 11.6 Å². The SMILES string of the molecule is Cc1cccc2cc(C#N)c(SCC(=O)Nc3cc(C(F)(F)F)ccc3Cl)nc12. The lowest BCUT2D eigenvalue weighted by Gasteiger charge is -2.12. The highest BCUT2D eigenvalue weighted by Gasteiger charge is 2.31. The molecule has 1 heterocycles. The zero-order chi connectivity index (χ0) is 21.2. The van der Waals surface area contributed by atoms with E-state index in [-0.39, 0.29) is 16.5 Å². The molecule has 0 saturated carbocycles. The molecule has 0 unspecified atom stereocenters. The van der Waals surface area contributed by atoms with E-state index in [2.05, 4.69) is 16.4 Å². The average Bonchev–Trinajstić information content (AvgIpc) is 2.67. The quantitative estimate of drug-likeness (QED) is 0.524. The number of anilines is 1. The molecule has 3 rings (SSSR count). The molecule has 0 aliphatic carbocycles. The predicted molar refractivity (Wildman–Crippen MR) is 107 cm³/mol. The molecule has 1 amide bonds. The number of carbonyl (C=O) groups excluding carboxylic acids is 1. The van der Waals surface area contributed by atoms with Crippen LogP contribution in [0.1, 0.15) is 16.7 Å². The molecular weight excluding hydrogens is 423 g/mol. The van der Waals surface area contributed by atoms with Crippen molar-refractivity contribution in [3.8, 4) is 6.07 Å². The minimum Gasteiger partial charge on any atom is -0.324 e. The van der Waals surface area contributed by atoms with E-state index < -0.39 is 17.6 Å². The molecule has 0 radical (unpaired) electrons. The number of para-hydroxylation sites is 1. The number of aromatic nitrogens is 1. The molecule has 3 aromatic rings. The van der Waals surface area contributed by atoms with Crippen LogP contribution in [-0.2, 0) is 11.0 Å². The van der Waals surface area contributed by atoms with Crippen molar-refractivity contribution in [1.29, 1.82) is 5.26 Å². The van der Waals surface area contributed by atoms with Crippen LogP contribution in [0, 0.1) is 18.3 Å². The number of hydrogen-bond acceptors (Lipinski definition) is 4. The lowest BCUT2D eigenvalue weighted by atomic mass is 10.1. The molecule has 0 atom stereocenters. The summed E-state index contributed by atoms with van der Waals surface area (Å²) in [6.45, 7) is 1.89. The van der Waals surface area contributed by atoms with Crippen molar-refractivity contribution in [2.75, 3.05) is 11.1 Å². The van der Waals surface area contributed by atoms with Crippen molar-refractivity contribution < 1.29 is 18.0 Å². The molecule has 29 heavy (non-hydrogen) atoms. The summed E-state index contributed by atoms with van der Waals surface area (Å²) in [6, 6.07) is 12.0.